The Morgan fingerprint density at radius 3 is 2.00 bits per heavy atom. The van der Waals surface area contributed by atoms with Crippen LogP contribution in [0.3, 0.4) is 0 Å². The summed E-state index contributed by atoms with van der Waals surface area (Å²) in [4.78, 5) is 39.1. The first-order chi connectivity index (χ1) is 9.13. The van der Waals surface area contributed by atoms with Gasteiger partial charge in [-0.15, -0.1) is 13.2 Å². The maximum atomic E-state index is 12.0. The van der Waals surface area contributed by atoms with E-state index in [9.17, 15) is 14.4 Å². The predicted octanol–water partition coefficient (Wildman–Crippen LogP) is -0.512. The zero-order chi connectivity index (χ0) is 14.3. The van der Waals surface area contributed by atoms with Gasteiger partial charge >= 0.3 is 11.8 Å². The lowest BCUT2D eigenvalue weighted by atomic mass is 10.3. The van der Waals surface area contributed by atoms with Crippen molar-refractivity contribution in [3.8, 4) is 0 Å². The molecule has 6 heteroatoms. The highest BCUT2D eigenvalue weighted by atomic mass is 16.2. The van der Waals surface area contributed by atoms with Crippen molar-refractivity contribution in [2.75, 3.05) is 39.3 Å². The van der Waals surface area contributed by atoms with Crippen LogP contribution < -0.4 is 0 Å². The summed E-state index contributed by atoms with van der Waals surface area (Å²) in [6.45, 7) is 9.44. The molecular weight excluding hydrogens is 246 g/mol. The zero-order valence-corrected chi connectivity index (χ0v) is 11.0. The number of rotatable bonds is 5. The molecule has 6 nitrogen and oxygen atoms in total. The second-order valence-corrected chi connectivity index (χ2v) is 4.22. The van der Waals surface area contributed by atoms with Gasteiger partial charge in [0.25, 0.3) is 0 Å². The van der Waals surface area contributed by atoms with E-state index in [0.29, 0.717) is 39.3 Å². The molecule has 0 atom stereocenters. The molecule has 0 saturated carbocycles. The molecule has 0 bridgehead atoms. The molecule has 0 aromatic heterocycles. The van der Waals surface area contributed by atoms with E-state index in [0.717, 1.165) is 6.41 Å². The van der Waals surface area contributed by atoms with Crippen molar-refractivity contribution >= 4 is 18.2 Å². The van der Waals surface area contributed by atoms with Gasteiger partial charge in [0.05, 0.1) is 0 Å². The number of carbonyl (C=O) groups is 3. The molecule has 0 unspecified atom stereocenters. The van der Waals surface area contributed by atoms with Crippen LogP contribution in [0, 0.1) is 0 Å². The van der Waals surface area contributed by atoms with E-state index in [1.165, 1.54) is 9.80 Å². The maximum Gasteiger partial charge on any atom is 0.312 e. The van der Waals surface area contributed by atoms with Crippen LogP contribution in [0.2, 0.25) is 0 Å². The fraction of sp³-hybridized carbons (Fsp3) is 0.462. The largest absolute Gasteiger partial charge is 0.342 e. The quantitative estimate of drug-likeness (QED) is 0.382. The Kier molecular flexibility index (Phi) is 5.78. The van der Waals surface area contributed by atoms with E-state index in [-0.39, 0.29) is 0 Å². The summed E-state index contributed by atoms with van der Waals surface area (Å²) in [5.74, 6) is -1.09. The zero-order valence-electron chi connectivity index (χ0n) is 11.0. The molecule has 0 aliphatic carbocycles. The molecule has 3 amide bonds. The van der Waals surface area contributed by atoms with E-state index >= 15 is 0 Å². The van der Waals surface area contributed by atoms with Crippen LogP contribution in [0.1, 0.15) is 0 Å². The minimum atomic E-state index is -0.556. The summed E-state index contributed by atoms with van der Waals surface area (Å²) in [7, 11) is 0. The van der Waals surface area contributed by atoms with Crippen LogP contribution >= 0.6 is 0 Å². The van der Waals surface area contributed by atoms with E-state index in [2.05, 4.69) is 13.2 Å². The standard InChI is InChI=1S/C13H19N3O3/c1-3-5-15(6-4-2)12(18)13(19)16-9-7-14(11-17)8-10-16/h3-4,11H,1-2,5-10H2. The van der Waals surface area contributed by atoms with Crippen LogP contribution in [-0.2, 0) is 14.4 Å². The summed E-state index contributed by atoms with van der Waals surface area (Å²) in [6.07, 6.45) is 3.89. The SMILES string of the molecule is C=CCN(CC=C)C(=O)C(=O)N1CCN(C=O)CC1. The van der Waals surface area contributed by atoms with E-state index in [1.807, 2.05) is 0 Å². The Balaban J connectivity index is 2.60. The van der Waals surface area contributed by atoms with Crippen LogP contribution in [0.4, 0.5) is 0 Å². The Labute approximate surface area is 112 Å². The van der Waals surface area contributed by atoms with Crippen molar-refractivity contribution < 1.29 is 14.4 Å². The first-order valence-electron chi connectivity index (χ1n) is 6.13. The lowest BCUT2D eigenvalue weighted by Gasteiger charge is -2.33. The molecule has 1 saturated heterocycles. The van der Waals surface area contributed by atoms with Crippen LogP contribution in [0.15, 0.2) is 25.3 Å². The van der Waals surface area contributed by atoms with Crippen molar-refractivity contribution in [2.45, 2.75) is 0 Å². The number of piperazine rings is 1. The van der Waals surface area contributed by atoms with Crippen LogP contribution in [0.25, 0.3) is 0 Å². The second-order valence-electron chi connectivity index (χ2n) is 4.22. The van der Waals surface area contributed by atoms with Gasteiger partial charge < -0.3 is 14.7 Å². The summed E-state index contributed by atoms with van der Waals surface area (Å²) in [5.41, 5.74) is 0. The smallest absolute Gasteiger partial charge is 0.312 e. The highest BCUT2D eigenvalue weighted by Gasteiger charge is 2.28. The lowest BCUT2D eigenvalue weighted by Crippen LogP contribution is -2.53. The summed E-state index contributed by atoms with van der Waals surface area (Å²) >= 11 is 0. The molecule has 1 aliphatic heterocycles. The van der Waals surface area contributed by atoms with Crippen molar-refractivity contribution in [1.29, 1.82) is 0 Å². The number of carbonyl (C=O) groups excluding carboxylic acids is 3. The molecule has 0 radical (unpaired) electrons. The average Bonchev–Trinajstić information content (AvgIpc) is 2.45. The summed E-state index contributed by atoms with van der Waals surface area (Å²) < 4.78 is 0. The molecule has 1 heterocycles. The van der Waals surface area contributed by atoms with Gasteiger partial charge in [0.15, 0.2) is 0 Å². The minimum Gasteiger partial charge on any atom is -0.342 e. The van der Waals surface area contributed by atoms with Gasteiger partial charge in [0.2, 0.25) is 6.41 Å². The number of hydrogen-bond donors (Lipinski definition) is 0. The Morgan fingerprint density at radius 2 is 1.58 bits per heavy atom. The molecule has 0 aromatic rings. The lowest BCUT2D eigenvalue weighted by molar-refractivity contribution is -0.152. The first kappa shape index (κ1) is 14.9. The van der Waals surface area contributed by atoms with Gasteiger partial charge in [0, 0.05) is 39.3 Å². The monoisotopic (exact) mass is 265 g/mol. The Hall–Kier alpha value is -2.11. The van der Waals surface area contributed by atoms with Gasteiger partial charge in [-0.1, -0.05) is 12.2 Å². The maximum absolute atomic E-state index is 12.0. The fourth-order valence-electron chi connectivity index (χ4n) is 1.85. The van der Waals surface area contributed by atoms with Gasteiger partial charge in [0.1, 0.15) is 0 Å². The molecule has 0 spiro atoms. The first-order valence-corrected chi connectivity index (χ1v) is 6.13. The van der Waals surface area contributed by atoms with Crippen molar-refractivity contribution in [3.63, 3.8) is 0 Å². The normalized spacial score (nSPS) is 14.7. The van der Waals surface area contributed by atoms with Gasteiger partial charge in [-0.3, -0.25) is 14.4 Å². The molecular formula is C13H19N3O3. The molecule has 0 N–H and O–H groups in total. The van der Waals surface area contributed by atoms with Crippen molar-refractivity contribution in [3.05, 3.63) is 25.3 Å². The molecule has 19 heavy (non-hydrogen) atoms. The molecule has 104 valence electrons. The molecule has 1 fully saturated rings. The molecule has 0 aromatic carbocycles. The third-order valence-electron chi connectivity index (χ3n) is 2.92. The molecule has 1 aliphatic rings. The highest BCUT2D eigenvalue weighted by Crippen LogP contribution is 2.03. The topological polar surface area (TPSA) is 60.9 Å². The molecule has 1 rings (SSSR count). The fourth-order valence-corrected chi connectivity index (χ4v) is 1.85. The van der Waals surface area contributed by atoms with Gasteiger partial charge in [-0.05, 0) is 0 Å². The third kappa shape index (κ3) is 3.94. The number of hydrogen-bond acceptors (Lipinski definition) is 3. The summed E-state index contributed by atoms with van der Waals surface area (Å²) in [5, 5.41) is 0. The van der Waals surface area contributed by atoms with Gasteiger partial charge in [-0.25, -0.2) is 0 Å². The van der Waals surface area contributed by atoms with Gasteiger partial charge in [-0.2, -0.15) is 0 Å². The second kappa shape index (κ2) is 7.35. The van der Waals surface area contributed by atoms with Crippen molar-refractivity contribution in [1.82, 2.24) is 14.7 Å². The number of amides is 3. The van der Waals surface area contributed by atoms with Crippen LogP contribution in [-0.4, -0.2) is 72.2 Å². The predicted molar refractivity (Wildman–Crippen MR) is 71.2 cm³/mol. The van der Waals surface area contributed by atoms with E-state index < -0.39 is 11.8 Å². The van der Waals surface area contributed by atoms with Crippen molar-refractivity contribution in [2.24, 2.45) is 0 Å². The van der Waals surface area contributed by atoms with E-state index in [1.54, 1.807) is 17.1 Å². The third-order valence-corrected chi connectivity index (χ3v) is 2.92. The van der Waals surface area contributed by atoms with Crippen LogP contribution in [0.5, 0.6) is 0 Å². The number of nitrogens with zero attached hydrogens (tertiary/aromatic N) is 3. The summed E-state index contributed by atoms with van der Waals surface area (Å²) in [6, 6.07) is 0. The average molecular weight is 265 g/mol. The van der Waals surface area contributed by atoms with E-state index in [4.69, 9.17) is 0 Å². The highest BCUT2D eigenvalue weighted by molar-refractivity contribution is 6.35. The Bertz CT molecular complexity index is 363. The minimum absolute atomic E-state index is 0.310. The Morgan fingerprint density at radius 1 is 1.05 bits per heavy atom.